The zero-order chi connectivity index (χ0) is 15.0. The van der Waals surface area contributed by atoms with E-state index in [0.29, 0.717) is 10.7 Å². The smallest absolute Gasteiger partial charge is 0.254 e. The fraction of sp³-hybridized carbons (Fsp3) is 0.200. The van der Waals surface area contributed by atoms with Crippen LogP contribution in [-0.2, 0) is 0 Å². The number of hydrogen-bond acceptors (Lipinski definition) is 5. The molecule has 1 atom stereocenters. The van der Waals surface area contributed by atoms with Gasteiger partial charge in [-0.05, 0) is 36.6 Å². The number of rotatable bonds is 3. The van der Waals surface area contributed by atoms with Gasteiger partial charge in [0.1, 0.15) is 0 Å². The third-order valence-electron chi connectivity index (χ3n) is 3.51. The molecule has 2 aromatic heterocycles. The van der Waals surface area contributed by atoms with Crippen LogP contribution in [0.5, 0.6) is 0 Å². The Hall–Kier alpha value is -1.92. The van der Waals surface area contributed by atoms with Gasteiger partial charge in [-0.25, -0.2) is 4.98 Å². The van der Waals surface area contributed by atoms with Crippen molar-refractivity contribution in [2.75, 3.05) is 12.8 Å². The summed E-state index contributed by atoms with van der Waals surface area (Å²) in [5.41, 5.74) is 7.12. The molecule has 0 fully saturated rings. The molecule has 0 aliphatic heterocycles. The van der Waals surface area contributed by atoms with Crippen LogP contribution in [0.15, 0.2) is 35.7 Å². The van der Waals surface area contributed by atoms with Crippen LogP contribution < -0.4 is 5.73 Å². The molecule has 2 N–H and O–H groups in total. The zero-order valence-electron chi connectivity index (χ0n) is 11.7. The van der Waals surface area contributed by atoms with Crippen molar-refractivity contribution in [3.05, 3.63) is 46.2 Å². The summed E-state index contributed by atoms with van der Waals surface area (Å²) >= 11 is 3.09. The molecule has 4 nitrogen and oxygen atoms in total. The predicted octanol–water partition coefficient (Wildman–Crippen LogP) is 3.77. The third kappa shape index (κ3) is 2.64. The molecule has 0 aliphatic rings. The van der Waals surface area contributed by atoms with E-state index in [0.717, 1.165) is 10.2 Å². The molecule has 1 aromatic carbocycles. The number of nitrogens with two attached hydrogens (primary N) is 1. The van der Waals surface area contributed by atoms with E-state index < -0.39 is 0 Å². The highest BCUT2D eigenvalue weighted by Crippen LogP contribution is 2.27. The molecule has 0 spiro atoms. The average molecular weight is 317 g/mol. The van der Waals surface area contributed by atoms with Crippen LogP contribution >= 0.6 is 22.7 Å². The van der Waals surface area contributed by atoms with Gasteiger partial charge in [-0.1, -0.05) is 17.4 Å². The van der Waals surface area contributed by atoms with Crippen LogP contribution in [0.2, 0.25) is 0 Å². The molecular weight excluding hydrogens is 302 g/mol. The number of nitrogen functional groups attached to an aromatic ring is 1. The maximum absolute atomic E-state index is 12.6. The van der Waals surface area contributed by atoms with Crippen molar-refractivity contribution in [1.82, 2.24) is 9.88 Å². The first-order chi connectivity index (χ1) is 10.1. The molecule has 0 aliphatic carbocycles. The monoisotopic (exact) mass is 317 g/mol. The predicted molar refractivity (Wildman–Crippen MR) is 88.9 cm³/mol. The standard InChI is InChI=1S/C15H15N3OS2/c1-9(12-4-3-7-20-12)18(2)14(19)10-5-6-13-11(8-10)17-15(16)21-13/h3-9H,1-2H3,(H2,16,17)/t9-/m0/s1. The summed E-state index contributed by atoms with van der Waals surface area (Å²) in [7, 11) is 1.83. The van der Waals surface area contributed by atoms with E-state index in [-0.39, 0.29) is 11.9 Å². The second-order valence-electron chi connectivity index (χ2n) is 4.84. The summed E-state index contributed by atoms with van der Waals surface area (Å²) in [5.74, 6) is -0.00984. The molecule has 0 saturated heterocycles. The van der Waals surface area contributed by atoms with Gasteiger partial charge in [0, 0.05) is 17.5 Å². The maximum Gasteiger partial charge on any atom is 0.254 e. The number of fused-ring (bicyclic) bond motifs is 1. The van der Waals surface area contributed by atoms with E-state index in [1.54, 1.807) is 16.2 Å². The number of carbonyl (C=O) groups excluding carboxylic acids is 1. The number of thiophene rings is 1. The topological polar surface area (TPSA) is 59.2 Å². The van der Waals surface area contributed by atoms with Crippen molar-refractivity contribution in [2.24, 2.45) is 0 Å². The van der Waals surface area contributed by atoms with Crippen molar-refractivity contribution < 1.29 is 4.79 Å². The highest BCUT2D eigenvalue weighted by molar-refractivity contribution is 7.22. The number of carbonyl (C=O) groups is 1. The van der Waals surface area contributed by atoms with E-state index in [1.165, 1.54) is 16.2 Å². The normalized spacial score (nSPS) is 12.5. The van der Waals surface area contributed by atoms with Crippen molar-refractivity contribution in [1.29, 1.82) is 0 Å². The summed E-state index contributed by atoms with van der Waals surface area (Å²) in [6.45, 7) is 2.03. The Labute approximate surface area is 130 Å². The number of hydrogen-bond donors (Lipinski definition) is 1. The van der Waals surface area contributed by atoms with E-state index in [2.05, 4.69) is 4.98 Å². The lowest BCUT2D eigenvalue weighted by Gasteiger charge is -2.24. The molecule has 0 bridgehead atoms. The van der Waals surface area contributed by atoms with E-state index >= 15 is 0 Å². The molecule has 2 heterocycles. The summed E-state index contributed by atoms with van der Waals surface area (Å²) in [4.78, 5) is 19.8. The van der Waals surface area contributed by atoms with E-state index in [1.807, 2.05) is 49.7 Å². The second-order valence-corrected chi connectivity index (χ2v) is 6.88. The van der Waals surface area contributed by atoms with Gasteiger partial charge in [0.05, 0.1) is 16.3 Å². The number of thiazole rings is 1. The van der Waals surface area contributed by atoms with Crippen molar-refractivity contribution >= 4 is 43.9 Å². The lowest BCUT2D eigenvalue weighted by atomic mass is 10.1. The van der Waals surface area contributed by atoms with Gasteiger partial charge in [0.25, 0.3) is 5.91 Å². The Morgan fingerprint density at radius 3 is 2.90 bits per heavy atom. The average Bonchev–Trinajstić information content (AvgIpc) is 3.12. The van der Waals surface area contributed by atoms with Crippen LogP contribution in [0.1, 0.15) is 28.2 Å². The Bertz CT molecular complexity index is 779. The minimum absolute atomic E-state index is 0.00984. The second kappa shape index (κ2) is 5.46. The van der Waals surface area contributed by atoms with Gasteiger partial charge >= 0.3 is 0 Å². The van der Waals surface area contributed by atoms with Crippen molar-refractivity contribution in [3.8, 4) is 0 Å². The lowest BCUT2D eigenvalue weighted by Crippen LogP contribution is -2.29. The maximum atomic E-state index is 12.6. The summed E-state index contributed by atoms with van der Waals surface area (Å²) in [5, 5.41) is 2.55. The van der Waals surface area contributed by atoms with Crippen molar-refractivity contribution in [3.63, 3.8) is 0 Å². The first-order valence-corrected chi connectivity index (χ1v) is 8.22. The van der Waals surface area contributed by atoms with Gasteiger partial charge in [0.15, 0.2) is 5.13 Å². The molecule has 6 heteroatoms. The number of amides is 1. The van der Waals surface area contributed by atoms with Crippen LogP contribution in [0, 0.1) is 0 Å². The van der Waals surface area contributed by atoms with Gasteiger partial charge in [0.2, 0.25) is 0 Å². The fourth-order valence-electron chi connectivity index (χ4n) is 2.18. The summed E-state index contributed by atoms with van der Waals surface area (Å²) in [6.07, 6.45) is 0. The number of benzene rings is 1. The Morgan fingerprint density at radius 2 is 2.19 bits per heavy atom. The molecule has 1 amide bonds. The Balaban J connectivity index is 1.88. The number of anilines is 1. The molecule has 3 aromatic rings. The third-order valence-corrected chi connectivity index (χ3v) is 5.42. The van der Waals surface area contributed by atoms with Gasteiger partial charge < -0.3 is 10.6 Å². The summed E-state index contributed by atoms with van der Waals surface area (Å²) < 4.78 is 0.998. The SMILES string of the molecule is C[C@@H](c1cccs1)N(C)C(=O)c1ccc2sc(N)nc2c1. The van der Waals surface area contributed by atoms with Crippen LogP contribution in [-0.4, -0.2) is 22.8 Å². The van der Waals surface area contributed by atoms with Crippen LogP contribution in [0.3, 0.4) is 0 Å². The zero-order valence-corrected chi connectivity index (χ0v) is 13.4. The number of aromatic nitrogens is 1. The lowest BCUT2D eigenvalue weighted by molar-refractivity contribution is 0.0745. The van der Waals surface area contributed by atoms with E-state index in [9.17, 15) is 4.79 Å². The molecule has 21 heavy (non-hydrogen) atoms. The molecular formula is C15H15N3OS2. The largest absolute Gasteiger partial charge is 0.375 e. The first-order valence-electron chi connectivity index (χ1n) is 6.53. The van der Waals surface area contributed by atoms with Gasteiger partial charge in [-0.3, -0.25) is 4.79 Å². The minimum atomic E-state index is -0.00984. The van der Waals surface area contributed by atoms with Crippen LogP contribution in [0.4, 0.5) is 5.13 Å². The minimum Gasteiger partial charge on any atom is -0.375 e. The fourth-order valence-corrected chi connectivity index (χ4v) is 3.72. The molecule has 0 unspecified atom stereocenters. The molecule has 108 valence electrons. The Morgan fingerprint density at radius 1 is 1.38 bits per heavy atom. The molecule has 0 radical (unpaired) electrons. The van der Waals surface area contributed by atoms with Gasteiger partial charge in [-0.2, -0.15) is 0 Å². The Kier molecular flexibility index (Phi) is 3.65. The highest BCUT2D eigenvalue weighted by atomic mass is 32.1. The number of nitrogens with zero attached hydrogens (tertiary/aromatic N) is 2. The summed E-state index contributed by atoms with van der Waals surface area (Å²) in [6, 6.07) is 9.64. The first kappa shape index (κ1) is 14.0. The quantitative estimate of drug-likeness (QED) is 0.800. The highest BCUT2D eigenvalue weighted by Gasteiger charge is 2.20. The van der Waals surface area contributed by atoms with Gasteiger partial charge in [-0.15, -0.1) is 11.3 Å². The van der Waals surface area contributed by atoms with Crippen LogP contribution in [0.25, 0.3) is 10.2 Å². The molecule has 0 saturated carbocycles. The van der Waals surface area contributed by atoms with Crippen molar-refractivity contribution in [2.45, 2.75) is 13.0 Å². The molecule has 3 rings (SSSR count). The van der Waals surface area contributed by atoms with E-state index in [4.69, 9.17) is 5.73 Å².